The Morgan fingerprint density at radius 2 is 1.89 bits per heavy atom. The van der Waals surface area contributed by atoms with Crippen molar-refractivity contribution in [2.24, 2.45) is 5.41 Å². The Hall–Kier alpha value is -3.98. The maximum Gasteiger partial charge on any atom is 0.232 e. The number of carbonyl (C=O) groups is 2. The van der Waals surface area contributed by atoms with E-state index in [0.717, 1.165) is 11.1 Å². The van der Waals surface area contributed by atoms with Gasteiger partial charge in [0.2, 0.25) is 16.9 Å². The second-order valence-electron chi connectivity index (χ2n) is 8.83. The van der Waals surface area contributed by atoms with Gasteiger partial charge in [0.15, 0.2) is 5.78 Å². The Morgan fingerprint density at radius 1 is 1.09 bits per heavy atom. The summed E-state index contributed by atoms with van der Waals surface area (Å²) in [5.41, 5.74) is 3.29. The summed E-state index contributed by atoms with van der Waals surface area (Å²) < 4.78 is 20.6. The molecule has 35 heavy (non-hydrogen) atoms. The fraction of sp³-hybridized carbons (Fsp3) is 0.192. The number of hydrogen-bond donors (Lipinski definition) is 1. The average molecular weight is 489 g/mol. The minimum absolute atomic E-state index is 0.0279. The number of fused-ring (bicyclic) bond motifs is 2. The van der Waals surface area contributed by atoms with Gasteiger partial charge in [-0.15, -0.1) is 10.2 Å². The lowest BCUT2D eigenvalue weighted by molar-refractivity contribution is -0.124. The molecule has 1 aliphatic heterocycles. The Balaban J connectivity index is 1.57. The third-order valence-electron chi connectivity index (χ3n) is 6.17. The number of nitrogens with one attached hydrogen (secondary N) is 1. The zero-order valence-electron chi connectivity index (χ0n) is 19.2. The molecule has 0 saturated carbocycles. The van der Waals surface area contributed by atoms with Gasteiger partial charge < -0.3 is 10.1 Å². The number of nitrogens with zero attached hydrogens (tertiary/aromatic N) is 3. The van der Waals surface area contributed by atoms with Crippen molar-refractivity contribution in [1.29, 1.82) is 0 Å². The fourth-order valence-corrected chi connectivity index (χ4v) is 4.79. The summed E-state index contributed by atoms with van der Waals surface area (Å²) in [6.07, 6.45) is 0. The summed E-state index contributed by atoms with van der Waals surface area (Å²) in [6.45, 7) is 5.05. The summed E-state index contributed by atoms with van der Waals surface area (Å²) in [5, 5.41) is 11.0. The summed E-state index contributed by atoms with van der Waals surface area (Å²) in [7, 11) is 0. The molecule has 1 atom stereocenters. The standard InChI is InChI=1S/C26H21FN4O3S/c1-14(32)16-9-8-15(12-19(16)27)20-11-10-18-22(17-6-4-5-7-21(17)34-23(18)29-20)26(2,3)24(33)30-25-31-28-13-35-25/h4-13,22H,1-3H3,(H,30,31,33)/t22-/m0/s1. The maximum absolute atomic E-state index is 14.5. The molecule has 9 heteroatoms. The minimum atomic E-state index is -0.904. The number of anilines is 1. The Labute approximate surface area is 205 Å². The number of carbonyl (C=O) groups excluding carboxylic acids is 2. The molecular weight excluding hydrogens is 467 g/mol. The van der Waals surface area contributed by atoms with Crippen LogP contribution in [-0.2, 0) is 4.79 Å². The summed E-state index contributed by atoms with van der Waals surface area (Å²) in [5.74, 6) is -0.581. The first-order valence-corrected chi connectivity index (χ1v) is 11.8. The average Bonchev–Trinajstić information content (AvgIpc) is 3.34. The number of para-hydroxylation sites is 1. The van der Waals surface area contributed by atoms with Crippen molar-refractivity contribution in [3.63, 3.8) is 0 Å². The lowest BCUT2D eigenvalue weighted by Crippen LogP contribution is -2.38. The monoisotopic (exact) mass is 488 g/mol. The van der Waals surface area contributed by atoms with Crippen LogP contribution in [0.1, 0.15) is 48.2 Å². The number of rotatable bonds is 5. The Morgan fingerprint density at radius 3 is 2.60 bits per heavy atom. The van der Waals surface area contributed by atoms with E-state index in [0.29, 0.717) is 28.0 Å². The van der Waals surface area contributed by atoms with E-state index in [1.807, 2.05) is 44.2 Å². The molecule has 0 aliphatic carbocycles. The highest BCUT2D eigenvalue weighted by Crippen LogP contribution is 2.52. The van der Waals surface area contributed by atoms with Crippen LogP contribution < -0.4 is 10.1 Å². The molecule has 3 heterocycles. The predicted molar refractivity (Wildman–Crippen MR) is 130 cm³/mol. The first kappa shape index (κ1) is 22.8. The summed E-state index contributed by atoms with van der Waals surface area (Å²) in [6, 6.07) is 15.6. The Bertz CT molecular complexity index is 1450. The number of amides is 1. The van der Waals surface area contributed by atoms with E-state index in [2.05, 4.69) is 20.5 Å². The third kappa shape index (κ3) is 4.08. The molecule has 0 saturated heterocycles. The second kappa shape index (κ2) is 8.66. The Kier molecular flexibility index (Phi) is 5.64. The van der Waals surface area contributed by atoms with Gasteiger partial charge in [-0.3, -0.25) is 9.59 Å². The van der Waals surface area contributed by atoms with Crippen LogP contribution in [0.4, 0.5) is 9.52 Å². The quantitative estimate of drug-likeness (QED) is 0.355. The molecule has 176 valence electrons. The van der Waals surface area contributed by atoms with Gasteiger partial charge in [0.25, 0.3) is 0 Å². The fourth-order valence-electron chi connectivity index (χ4n) is 4.35. The summed E-state index contributed by atoms with van der Waals surface area (Å²) in [4.78, 5) is 29.6. The first-order valence-electron chi connectivity index (χ1n) is 10.9. The minimum Gasteiger partial charge on any atom is -0.438 e. The number of ketones is 1. The number of ether oxygens (including phenoxy) is 1. The molecule has 1 amide bonds. The van der Waals surface area contributed by atoms with Crippen molar-refractivity contribution < 1.29 is 18.7 Å². The number of halogens is 1. The van der Waals surface area contributed by atoms with Crippen molar-refractivity contribution in [2.75, 3.05) is 5.32 Å². The van der Waals surface area contributed by atoms with Crippen LogP contribution in [0.25, 0.3) is 11.3 Å². The van der Waals surface area contributed by atoms with Gasteiger partial charge in [-0.25, -0.2) is 9.37 Å². The molecule has 2 aromatic heterocycles. The van der Waals surface area contributed by atoms with E-state index in [-0.39, 0.29) is 23.2 Å². The van der Waals surface area contributed by atoms with E-state index in [9.17, 15) is 14.0 Å². The van der Waals surface area contributed by atoms with Gasteiger partial charge in [-0.05, 0) is 31.2 Å². The number of pyridine rings is 1. The van der Waals surface area contributed by atoms with Crippen LogP contribution in [-0.4, -0.2) is 26.9 Å². The van der Waals surface area contributed by atoms with Crippen LogP contribution >= 0.6 is 11.3 Å². The number of Topliss-reactive ketones (excluding diaryl/α,β-unsaturated/α-hetero) is 1. The highest BCUT2D eigenvalue weighted by atomic mass is 32.1. The molecule has 0 spiro atoms. The lowest BCUT2D eigenvalue weighted by atomic mass is 9.69. The smallest absolute Gasteiger partial charge is 0.232 e. The molecule has 1 N–H and O–H groups in total. The zero-order valence-corrected chi connectivity index (χ0v) is 20.0. The third-order valence-corrected chi connectivity index (χ3v) is 6.78. The van der Waals surface area contributed by atoms with Gasteiger partial charge in [0, 0.05) is 22.6 Å². The molecule has 5 rings (SSSR count). The van der Waals surface area contributed by atoms with Crippen molar-refractivity contribution >= 4 is 28.2 Å². The molecule has 4 aromatic rings. The molecule has 0 fully saturated rings. The van der Waals surface area contributed by atoms with E-state index in [1.165, 1.54) is 30.4 Å². The highest BCUT2D eigenvalue weighted by molar-refractivity contribution is 7.13. The van der Waals surface area contributed by atoms with Gasteiger partial charge in [0.05, 0.1) is 16.7 Å². The lowest BCUT2D eigenvalue weighted by Gasteiger charge is -2.37. The van der Waals surface area contributed by atoms with Gasteiger partial charge >= 0.3 is 0 Å². The van der Waals surface area contributed by atoms with E-state index < -0.39 is 11.2 Å². The molecular formula is C26H21FN4O3S. The number of aromatic nitrogens is 3. The number of benzene rings is 2. The topological polar surface area (TPSA) is 94.1 Å². The van der Waals surface area contributed by atoms with Crippen LogP contribution in [0.3, 0.4) is 0 Å². The molecule has 0 unspecified atom stereocenters. The van der Waals surface area contributed by atoms with Crippen LogP contribution in [0, 0.1) is 11.2 Å². The molecule has 7 nitrogen and oxygen atoms in total. The zero-order chi connectivity index (χ0) is 24.7. The number of hydrogen-bond acceptors (Lipinski definition) is 7. The largest absolute Gasteiger partial charge is 0.438 e. The highest BCUT2D eigenvalue weighted by Gasteiger charge is 2.44. The van der Waals surface area contributed by atoms with Crippen molar-refractivity contribution in [2.45, 2.75) is 26.7 Å². The van der Waals surface area contributed by atoms with Crippen LogP contribution in [0.15, 0.2) is 60.1 Å². The molecule has 2 aromatic carbocycles. The SMILES string of the molecule is CC(=O)c1ccc(-c2ccc3c(n2)Oc2ccccc2[C@@H]3C(C)(C)C(=O)Nc2nncs2)cc1F. The second-order valence-corrected chi connectivity index (χ2v) is 9.67. The van der Waals surface area contributed by atoms with Crippen LogP contribution in [0.2, 0.25) is 0 Å². The van der Waals surface area contributed by atoms with Crippen molar-refractivity contribution in [3.05, 3.63) is 82.6 Å². The van der Waals surface area contributed by atoms with E-state index in [1.54, 1.807) is 17.6 Å². The molecule has 0 bridgehead atoms. The first-order chi connectivity index (χ1) is 16.8. The van der Waals surface area contributed by atoms with E-state index >= 15 is 0 Å². The molecule has 0 radical (unpaired) electrons. The van der Waals surface area contributed by atoms with Crippen LogP contribution in [0.5, 0.6) is 11.6 Å². The predicted octanol–water partition coefficient (Wildman–Crippen LogP) is 5.84. The summed E-state index contributed by atoms with van der Waals surface area (Å²) >= 11 is 1.25. The molecule has 1 aliphatic rings. The van der Waals surface area contributed by atoms with Gasteiger partial charge in [-0.2, -0.15) is 0 Å². The van der Waals surface area contributed by atoms with Gasteiger partial charge in [0.1, 0.15) is 17.1 Å². The van der Waals surface area contributed by atoms with Gasteiger partial charge in [-0.1, -0.05) is 55.5 Å². The normalized spacial score (nSPS) is 14.5. The van der Waals surface area contributed by atoms with Crippen molar-refractivity contribution in [3.8, 4) is 22.9 Å². The van der Waals surface area contributed by atoms with Crippen molar-refractivity contribution in [1.82, 2.24) is 15.2 Å². The van der Waals surface area contributed by atoms with E-state index in [4.69, 9.17) is 4.74 Å². The maximum atomic E-state index is 14.5.